The summed E-state index contributed by atoms with van der Waals surface area (Å²) in [6, 6.07) is 5.60. The summed E-state index contributed by atoms with van der Waals surface area (Å²) in [5.41, 5.74) is 1.42. The third-order valence-corrected chi connectivity index (χ3v) is 6.52. The first-order chi connectivity index (χ1) is 12.8. The molecule has 0 aliphatic heterocycles. The van der Waals surface area contributed by atoms with Gasteiger partial charge in [-0.05, 0) is 57.5 Å². The molecular weight excluding hydrogens is 385 g/mol. The topological polar surface area (TPSA) is 64.0 Å². The van der Waals surface area contributed by atoms with Crippen LogP contribution in [0.25, 0.3) is 10.2 Å². The fourth-order valence-electron chi connectivity index (χ4n) is 2.67. The Kier molecular flexibility index (Phi) is 5.67. The molecule has 1 N–H and O–H groups in total. The molecule has 0 fully saturated rings. The molecule has 2 heterocycles. The first kappa shape index (κ1) is 19.6. The molecule has 0 radical (unpaired) electrons. The van der Waals surface area contributed by atoms with Crippen LogP contribution in [0.15, 0.2) is 34.2 Å². The molecule has 5 nitrogen and oxygen atoms in total. The van der Waals surface area contributed by atoms with Crippen molar-refractivity contribution in [3.8, 4) is 0 Å². The quantitative estimate of drug-likeness (QED) is 0.506. The van der Waals surface area contributed by atoms with E-state index in [0.29, 0.717) is 27.6 Å². The van der Waals surface area contributed by atoms with Crippen molar-refractivity contribution in [1.82, 2.24) is 9.55 Å². The highest BCUT2D eigenvalue weighted by Crippen LogP contribution is 2.29. The average molecular weight is 406 g/mol. The number of nitrogens with zero attached hydrogens (tertiary/aromatic N) is 2. The van der Waals surface area contributed by atoms with E-state index >= 15 is 0 Å². The van der Waals surface area contributed by atoms with Crippen molar-refractivity contribution in [2.45, 2.75) is 44.6 Å². The standard InChI is InChI=1S/C19H20FN3O2S2/c1-5-23-18(25)15-10(2)11(3)26-17(15)22-19(23)27-12(4)16(24)21-14-8-6-13(20)7-9-14/h6-9,12H,5H2,1-4H3,(H,21,24)/t12-/m0/s1. The average Bonchev–Trinajstić information content (AvgIpc) is 2.91. The predicted octanol–water partition coefficient (Wildman–Crippen LogP) is 4.35. The van der Waals surface area contributed by atoms with E-state index in [9.17, 15) is 14.0 Å². The van der Waals surface area contributed by atoms with Gasteiger partial charge in [0.25, 0.3) is 5.56 Å². The first-order valence-electron chi connectivity index (χ1n) is 8.55. The van der Waals surface area contributed by atoms with Crippen molar-refractivity contribution >= 4 is 44.9 Å². The zero-order chi connectivity index (χ0) is 19.7. The van der Waals surface area contributed by atoms with Gasteiger partial charge in [-0.2, -0.15) is 0 Å². The Labute approximate surface area is 164 Å². The van der Waals surface area contributed by atoms with Crippen LogP contribution in [0.5, 0.6) is 0 Å². The van der Waals surface area contributed by atoms with Gasteiger partial charge in [0, 0.05) is 17.1 Å². The normalized spacial score (nSPS) is 12.3. The summed E-state index contributed by atoms with van der Waals surface area (Å²) in [6.45, 7) is 8.03. The Morgan fingerprint density at radius 2 is 2.00 bits per heavy atom. The number of hydrogen-bond donors (Lipinski definition) is 1. The Bertz CT molecular complexity index is 1060. The van der Waals surface area contributed by atoms with E-state index in [2.05, 4.69) is 10.3 Å². The molecule has 0 unspecified atom stereocenters. The summed E-state index contributed by atoms with van der Waals surface area (Å²) in [7, 11) is 0. The molecule has 27 heavy (non-hydrogen) atoms. The molecule has 142 valence electrons. The van der Waals surface area contributed by atoms with Gasteiger partial charge in [0.1, 0.15) is 10.6 Å². The van der Waals surface area contributed by atoms with E-state index in [-0.39, 0.29) is 17.3 Å². The van der Waals surface area contributed by atoms with E-state index in [1.54, 1.807) is 11.5 Å². The molecule has 8 heteroatoms. The summed E-state index contributed by atoms with van der Waals surface area (Å²) in [5, 5.41) is 3.47. The molecule has 1 aromatic carbocycles. The van der Waals surface area contributed by atoms with E-state index in [1.165, 1.54) is 47.4 Å². The number of aromatic nitrogens is 2. The van der Waals surface area contributed by atoms with Crippen LogP contribution in [0, 0.1) is 19.7 Å². The van der Waals surface area contributed by atoms with Crippen molar-refractivity contribution in [2.75, 3.05) is 5.32 Å². The molecule has 0 saturated heterocycles. The Balaban J connectivity index is 1.87. The second-order valence-corrected chi connectivity index (χ2v) is 8.67. The first-order valence-corrected chi connectivity index (χ1v) is 10.2. The maximum atomic E-state index is 13.0. The number of nitrogens with one attached hydrogen (secondary N) is 1. The fraction of sp³-hybridized carbons (Fsp3) is 0.316. The SMILES string of the molecule is CCn1c(S[C@@H](C)C(=O)Nc2ccc(F)cc2)nc2sc(C)c(C)c2c1=O. The second-order valence-electron chi connectivity index (χ2n) is 6.16. The zero-order valence-corrected chi connectivity index (χ0v) is 17.1. The van der Waals surface area contributed by atoms with Gasteiger partial charge in [0.2, 0.25) is 5.91 Å². The number of rotatable bonds is 5. The molecule has 3 rings (SSSR count). The van der Waals surface area contributed by atoms with Gasteiger partial charge in [-0.1, -0.05) is 11.8 Å². The van der Waals surface area contributed by atoms with Crippen LogP contribution in [-0.2, 0) is 11.3 Å². The number of fused-ring (bicyclic) bond motifs is 1. The molecule has 2 aromatic heterocycles. The number of thioether (sulfide) groups is 1. The van der Waals surface area contributed by atoms with Crippen LogP contribution in [0.2, 0.25) is 0 Å². The van der Waals surface area contributed by atoms with Crippen molar-refractivity contribution < 1.29 is 9.18 Å². The van der Waals surface area contributed by atoms with Crippen LogP contribution >= 0.6 is 23.1 Å². The number of carbonyl (C=O) groups is 1. The number of anilines is 1. The maximum absolute atomic E-state index is 13.0. The van der Waals surface area contributed by atoms with Gasteiger partial charge >= 0.3 is 0 Å². The summed E-state index contributed by atoms with van der Waals surface area (Å²) < 4.78 is 14.6. The van der Waals surface area contributed by atoms with Gasteiger partial charge in [0.05, 0.1) is 10.6 Å². The summed E-state index contributed by atoms with van der Waals surface area (Å²) in [5.74, 6) is -0.594. The molecule has 1 atom stereocenters. The number of benzene rings is 1. The second kappa shape index (κ2) is 7.82. The van der Waals surface area contributed by atoms with Crippen LogP contribution in [0.3, 0.4) is 0 Å². The fourth-order valence-corrected chi connectivity index (χ4v) is 4.71. The van der Waals surface area contributed by atoms with Crippen LogP contribution in [0.4, 0.5) is 10.1 Å². The molecule has 0 spiro atoms. The lowest BCUT2D eigenvalue weighted by Crippen LogP contribution is -2.26. The molecule has 0 aliphatic carbocycles. The van der Waals surface area contributed by atoms with E-state index in [4.69, 9.17) is 0 Å². The predicted molar refractivity (Wildman–Crippen MR) is 109 cm³/mol. The number of thiophene rings is 1. The Morgan fingerprint density at radius 1 is 1.33 bits per heavy atom. The highest BCUT2D eigenvalue weighted by atomic mass is 32.2. The molecule has 0 aliphatic rings. The molecular formula is C19H20FN3O2S2. The van der Waals surface area contributed by atoms with E-state index < -0.39 is 5.25 Å². The van der Waals surface area contributed by atoms with Crippen molar-refractivity contribution in [2.24, 2.45) is 0 Å². The van der Waals surface area contributed by atoms with E-state index in [0.717, 1.165) is 10.4 Å². The van der Waals surface area contributed by atoms with Crippen LogP contribution in [-0.4, -0.2) is 20.7 Å². The lowest BCUT2D eigenvalue weighted by Gasteiger charge is -2.15. The number of carbonyl (C=O) groups excluding carboxylic acids is 1. The highest BCUT2D eigenvalue weighted by Gasteiger charge is 2.21. The zero-order valence-electron chi connectivity index (χ0n) is 15.5. The van der Waals surface area contributed by atoms with E-state index in [1.807, 2.05) is 20.8 Å². The highest BCUT2D eigenvalue weighted by molar-refractivity contribution is 8.00. The minimum atomic E-state index is -0.473. The van der Waals surface area contributed by atoms with Gasteiger partial charge in [-0.15, -0.1) is 11.3 Å². The van der Waals surface area contributed by atoms with Crippen molar-refractivity contribution in [3.63, 3.8) is 0 Å². The number of halogens is 1. The third-order valence-electron chi connectivity index (χ3n) is 4.33. The molecule has 0 saturated carbocycles. The smallest absolute Gasteiger partial charge is 0.263 e. The monoisotopic (exact) mass is 405 g/mol. The summed E-state index contributed by atoms with van der Waals surface area (Å²) >= 11 is 2.73. The molecule has 3 aromatic rings. The maximum Gasteiger partial charge on any atom is 0.263 e. The Morgan fingerprint density at radius 3 is 2.63 bits per heavy atom. The van der Waals surface area contributed by atoms with Gasteiger partial charge in [-0.25, -0.2) is 9.37 Å². The van der Waals surface area contributed by atoms with Gasteiger partial charge < -0.3 is 5.32 Å². The Hall–Kier alpha value is -2.19. The lowest BCUT2D eigenvalue weighted by molar-refractivity contribution is -0.115. The third kappa shape index (κ3) is 3.91. The van der Waals surface area contributed by atoms with Crippen LogP contribution in [0.1, 0.15) is 24.3 Å². The number of hydrogen-bond acceptors (Lipinski definition) is 5. The summed E-state index contributed by atoms with van der Waals surface area (Å²) in [4.78, 5) is 31.8. The van der Waals surface area contributed by atoms with Crippen molar-refractivity contribution in [1.29, 1.82) is 0 Å². The number of amides is 1. The summed E-state index contributed by atoms with van der Waals surface area (Å²) in [6.07, 6.45) is 0. The minimum absolute atomic E-state index is 0.0713. The largest absolute Gasteiger partial charge is 0.325 e. The van der Waals surface area contributed by atoms with Crippen molar-refractivity contribution in [3.05, 3.63) is 50.9 Å². The number of aryl methyl sites for hydroxylation is 2. The molecule has 1 amide bonds. The molecule has 0 bridgehead atoms. The lowest BCUT2D eigenvalue weighted by atomic mass is 10.2. The van der Waals surface area contributed by atoms with Gasteiger partial charge in [0.15, 0.2) is 5.16 Å². The van der Waals surface area contributed by atoms with Gasteiger partial charge in [-0.3, -0.25) is 14.2 Å². The minimum Gasteiger partial charge on any atom is -0.325 e. The van der Waals surface area contributed by atoms with Crippen LogP contribution < -0.4 is 10.9 Å².